The van der Waals surface area contributed by atoms with E-state index in [1.54, 1.807) is 0 Å². The summed E-state index contributed by atoms with van der Waals surface area (Å²) in [5.41, 5.74) is 0.887. The van der Waals surface area contributed by atoms with Crippen LogP contribution in [0.2, 0.25) is 0 Å². The SMILES string of the molecule is CCC1(O)CN(CC2COc3ccccc32)C1. The molecule has 0 bridgehead atoms. The van der Waals surface area contributed by atoms with Crippen molar-refractivity contribution in [3.05, 3.63) is 29.8 Å². The van der Waals surface area contributed by atoms with Crippen LogP contribution in [0.1, 0.15) is 24.8 Å². The van der Waals surface area contributed by atoms with E-state index in [1.807, 2.05) is 19.1 Å². The molecule has 1 saturated heterocycles. The van der Waals surface area contributed by atoms with Crippen LogP contribution in [0.4, 0.5) is 0 Å². The van der Waals surface area contributed by atoms with Gasteiger partial charge >= 0.3 is 0 Å². The smallest absolute Gasteiger partial charge is 0.122 e. The molecule has 2 heterocycles. The summed E-state index contributed by atoms with van der Waals surface area (Å²) in [6.45, 7) is 5.44. The van der Waals surface area contributed by atoms with E-state index >= 15 is 0 Å². The van der Waals surface area contributed by atoms with Gasteiger partial charge in [-0.15, -0.1) is 0 Å². The second-order valence-electron chi connectivity index (χ2n) is 5.29. The predicted molar refractivity (Wildman–Crippen MR) is 66.4 cm³/mol. The summed E-state index contributed by atoms with van der Waals surface area (Å²) < 4.78 is 5.67. The van der Waals surface area contributed by atoms with E-state index in [0.29, 0.717) is 5.92 Å². The Bertz CT molecular complexity index is 412. The van der Waals surface area contributed by atoms with Gasteiger partial charge in [0.15, 0.2) is 0 Å². The molecule has 0 spiro atoms. The molecule has 17 heavy (non-hydrogen) atoms. The molecule has 3 rings (SSSR count). The Morgan fingerprint density at radius 2 is 2.18 bits per heavy atom. The molecule has 0 saturated carbocycles. The molecular formula is C14H19NO2. The van der Waals surface area contributed by atoms with Crippen LogP contribution in [-0.2, 0) is 0 Å². The Kier molecular flexibility index (Phi) is 2.60. The zero-order valence-corrected chi connectivity index (χ0v) is 10.2. The molecule has 0 amide bonds. The largest absolute Gasteiger partial charge is 0.493 e. The minimum Gasteiger partial charge on any atom is -0.493 e. The third kappa shape index (κ3) is 1.94. The highest BCUT2D eigenvalue weighted by Gasteiger charge is 2.40. The minimum atomic E-state index is -0.432. The van der Waals surface area contributed by atoms with Crippen LogP contribution in [0.5, 0.6) is 5.75 Å². The first-order valence-electron chi connectivity index (χ1n) is 6.37. The Labute approximate surface area is 102 Å². The van der Waals surface area contributed by atoms with E-state index < -0.39 is 5.60 Å². The molecule has 3 heteroatoms. The van der Waals surface area contributed by atoms with Crippen LogP contribution in [0.3, 0.4) is 0 Å². The van der Waals surface area contributed by atoms with Crippen LogP contribution in [-0.4, -0.2) is 41.8 Å². The number of hydrogen-bond donors (Lipinski definition) is 1. The van der Waals surface area contributed by atoms with Crippen molar-refractivity contribution in [1.29, 1.82) is 0 Å². The highest BCUT2D eigenvalue weighted by atomic mass is 16.5. The first-order valence-corrected chi connectivity index (χ1v) is 6.37. The summed E-state index contributed by atoms with van der Waals surface area (Å²) in [6.07, 6.45) is 0.848. The molecule has 1 fully saturated rings. The Hall–Kier alpha value is -1.06. The monoisotopic (exact) mass is 233 g/mol. The normalized spacial score (nSPS) is 26.1. The molecule has 1 unspecified atom stereocenters. The Morgan fingerprint density at radius 3 is 2.94 bits per heavy atom. The van der Waals surface area contributed by atoms with Crippen molar-refractivity contribution in [3.63, 3.8) is 0 Å². The van der Waals surface area contributed by atoms with Crippen molar-refractivity contribution in [1.82, 2.24) is 4.90 Å². The van der Waals surface area contributed by atoms with Crippen LogP contribution in [0.25, 0.3) is 0 Å². The summed E-state index contributed by atoms with van der Waals surface area (Å²) in [6, 6.07) is 8.27. The fraction of sp³-hybridized carbons (Fsp3) is 0.571. The van der Waals surface area contributed by atoms with Crippen molar-refractivity contribution >= 4 is 0 Å². The lowest BCUT2D eigenvalue weighted by molar-refractivity contribution is -0.101. The zero-order valence-electron chi connectivity index (χ0n) is 10.2. The van der Waals surface area contributed by atoms with Gasteiger partial charge < -0.3 is 9.84 Å². The van der Waals surface area contributed by atoms with Gasteiger partial charge in [-0.3, -0.25) is 4.90 Å². The standard InChI is InChI=1S/C14H19NO2/c1-2-14(16)9-15(10-14)7-11-8-17-13-6-4-3-5-12(11)13/h3-6,11,16H,2,7-10H2,1H3. The molecule has 92 valence electrons. The van der Waals surface area contributed by atoms with Crippen LogP contribution >= 0.6 is 0 Å². The van der Waals surface area contributed by atoms with Crippen molar-refractivity contribution in [2.45, 2.75) is 24.9 Å². The van der Waals surface area contributed by atoms with Gasteiger partial charge in [-0.1, -0.05) is 25.1 Å². The number of β-amino-alcohol motifs (C(OH)–C–C–N with tert-alkyl or cyclic N) is 1. The predicted octanol–water partition coefficient (Wildman–Crippen LogP) is 1.62. The zero-order chi connectivity index (χ0) is 11.9. The first-order chi connectivity index (χ1) is 8.20. The number of aliphatic hydroxyl groups is 1. The molecule has 2 aliphatic heterocycles. The number of benzene rings is 1. The summed E-state index contributed by atoms with van der Waals surface area (Å²) in [5, 5.41) is 9.99. The summed E-state index contributed by atoms with van der Waals surface area (Å²) >= 11 is 0. The number of likely N-dealkylation sites (tertiary alicyclic amines) is 1. The van der Waals surface area contributed by atoms with Crippen molar-refractivity contribution < 1.29 is 9.84 Å². The van der Waals surface area contributed by atoms with Gasteiger partial charge in [0.1, 0.15) is 5.75 Å². The van der Waals surface area contributed by atoms with Gasteiger partial charge in [0.05, 0.1) is 12.2 Å². The molecule has 0 aromatic heterocycles. The highest BCUT2D eigenvalue weighted by molar-refractivity contribution is 5.39. The second kappa shape index (κ2) is 4.00. The molecule has 1 aromatic rings. The number of nitrogens with zero attached hydrogens (tertiary/aromatic N) is 1. The van der Waals surface area contributed by atoms with Crippen molar-refractivity contribution in [2.75, 3.05) is 26.2 Å². The third-order valence-corrected chi connectivity index (χ3v) is 3.97. The summed E-state index contributed by atoms with van der Waals surface area (Å²) in [4.78, 5) is 2.32. The maximum Gasteiger partial charge on any atom is 0.122 e. The summed E-state index contributed by atoms with van der Waals surface area (Å²) in [7, 11) is 0. The van der Waals surface area contributed by atoms with Gasteiger partial charge in [-0.25, -0.2) is 0 Å². The number of rotatable bonds is 3. The maximum atomic E-state index is 9.99. The minimum absolute atomic E-state index is 0.432. The van der Waals surface area contributed by atoms with Gasteiger partial charge in [0, 0.05) is 31.1 Å². The van der Waals surface area contributed by atoms with E-state index in [2.05, 4.69) is 17.0 Å². The van der Waals surface area contributed by atoms with E-state index in [9.17, 15) is 5.11 Å². The lowest BCUT2D eigenvalue weighted by Crippen LogP contribution is -2.62. The third-order valence-electron chi connectivity index (χ3n) is 3.97. The Balaban J connectivity index is 1.62. The van der Waals surface area contributed by atoms with E-state index in [4.69, 9.17) is 4.74 Å². The summed E-state index contributed by atoms with van der Waals surface area (Å²) in [5.74, 6) is 1.50. The molecular weight excluding hydrogens is 214 g/mol. The molecule has 1 aromatic carbocycles. The topological polar surface area (TPSA) is 32.7 Å². The van der Waals surface area contributed by atoms with Crippen LogP contribution < -0.4 is 4.74 Å². The quantitative estimate of drug-likeness (QED) is 0.861. The lowest BCUT2D eigenvalue weighted by Gasteiger charge is -2.47. The first kappa shape index (κ1) is 11.1. The van der Waals surface area contributed by atoms with Crippen LogP contribution in [0.15, 0.2) is 24.3 Å². The van der Waals surface area contributed by atoms with E-state index in [-0.39, 0.29) is 0 Å². The van der Waals surface area contributed by atoms with Crippen molar-refractivity contribution in [3.8, 4) is 5.75 Å². The van der Waals surface area contributed by atoms with Crippen molar-refractivity contribution in [2.24, 2.45) is 0 Å². The van der Waals surface area contributed by atoms with Gasteiger partial charge in [-0.2, -0.15) is 0 Å². The number of hydrogen-bond acceptors (Lipinski definition) is 3. The van der Waals surface area contributed by atoms with Gasteiger partial charge in [0.2, 0.25) is 0 Å². The molecule has 0 radical (unpaired) electrons. The average molecular weight is 233 g/mol. The van der Waals surface area contributed by atoms with E-state index in [1.165, 1.54) is 5.56 Å². The van der Waals surface area contributed by atoms with Gasteiger partial charge in [-0.05, 0) is 12.5 Å². The van der Waals surface area contributed by atoms with Crippen LogP contribution in [0, 0.1) is 0 Å². The Morgan fingerprint density at radius 1 is 1.41 bits per heavy atom. The molecule has 3 nitrogen and oxygen atoms in total. The van der Waals surface area contributed by atoms with Gasteiger partial charge in [0.25, 0.3) is 0 Å². The number of ether oxygens (including phenoxy) is 1. The maximum absolute atomic E-state index is 9.99. The lowest BCUT2D eigenvalue weighted by atomic mass is 9.89. The van der Waals surface area contributed by atoms with E-state index in [0.717, 1.165) is 38.4 Å². The molecule has 1 atom stereocenters. The fourth-order valence-corrected chi connectivity index (χ4v) is 2.83. The molecule has 0 aliphatic carbocycles. The highest BCUT2D eigenvalue weighted by Crippen LogP contribution is 2.35. The molecule has 1 N–H and O–H groups in total. The average Bonchev–Trinajstić information content (AvgIpc) is 2.71. The molecule has 2 aliphatic rings. The number of fused-ring (bicyclic) bond motifs is 1. The number of para-hydroxylation sites is 1. The fourth-order valence-electron chi connectivity index (χ4n) is 2.83. The second-order valence-corrected chi connectivity index (χ2v) is 5.29.